The number of anilines is 1. The molecule has 0 spiro atoms. The minimum absolute atomic E-state index is 0.173. The van der Waals surface area contributed by atoms with Crippen LogP contribution in [-0.2, 0) is 16.6 Å². The van der Waals surface area contributed by atoms with E-state index in [0.717, 1.165) is 11.3 Å². The first-order valence-corrected chi connectivity index (χ1v) is 9.12. The molecule has 2 atom stereocenters. The molecule has 5 heteroatoms. The molecule has 1 aromatic rings. The van der Waals surface area contributed by atoms with Gasteiger partial charge >= 0.3 is 6.03 Å². The first-order chi connectivity index (χ1) is 10.3. The maximum Gasteiger partial charge on any atom is 0.319 e. The summed E-state index contributed by atoms with van der Waals surface area (Å²) in [6.07, 6.45) is 2.41. The van der Waals surface area contributed by atoms with E-state index in [9.17, 15) is 9.00 Å². The average molecular weight is 322 g/mol. The standard InChI is InChI=1S/C17H26N2O2S/c1-12(14-8-9-14)18-16(20)19-15-7-5-6-13(10-15)11-22(21)17(2,3)4/h5-7,10,12,14H,8-9,11H2,1-4H3,(H2,18,19,20)/t12-,22+/m0/s1. The Hall–Kier alpha value is -1.36. The van der Waals surface area contributed by atoms with Crippen LogP contribution < -0.4 is 10.6 Å². The highest BCUT2D eigenvalue weighted by molar-refractivity contribution is 7.85. The number of benzene rings is 1. The zero-order valence-electron chi connectivity index (χ0n) is 13.8. The maximum atomic E-state index is 12.2. The van der Waals surface area contributed by atoms with Crippen molar-refractivity contribution < 1.29 is 9.00 Å². The summed E-state index contributed by atoms with van der Waals surface area (Å²) in [6.45, 7) is 7.95. The zero-order valence-corrected chi connectivity index (χ0v) is 14.6. The average Bonchev–Trinajstić information content (AvgIpc) is 3.21. The van der Waals surface area contributed by atoms with Gasteiger partial charge in [0.05, 0.1) is 0 Å². The lowest BCUT2D eigenvalue weighted by atomic mass is 10.2. The molecule has 0 unspecified atom stereocenters. The highest BCUT2D eigenvalue weighted by Gasteiger charge is 2.28. The second kappa shape index (κ2) is 6.82. The van der Waals surface area contributed by atoms with E-state index in [4.69, 9.17) is 0 Å². The molecule has 1 aliphatic rings. The van der Waals surface area contributed by atoms with Crippen LogP contribution in [0.2, 0.25) is 0 Å². The monoisotopic (exact) mass is 322 g/mol. The molecule has 122 valence electrons. The van der Waals surface area contributed by atoms with Crippen molar-refractivity contribution in [1.82, 2.24) is 5.32 Å². The van der Waals surface area contributed by atoms with Crippen molar-refractivity contribution in [3.8, 4) is 0 Å². The molecule has 0 aliphatic heterocycles. The Balaban J connectivity index is 1.93. The van der Waals surface area contributed by atoms with Gasteiger partial charge in [-0.3, -0.25) is 4.21 Å². The number of hydrogen-bond acceptors (Lipinski definition) is 2. The van der Waals surface area contributed by atoms with Crippen LogP contribution in [0.15, 0.2) is 24.3 Å². The van der Waals surface area contributed by atoms with Gasteiger partial charge in [0.25, 0.3) is 0 Å². The van der Waals surface area contributed by atoms with Gasteiger partial charge in [0.2, 0.25) is 0 Å². The van der Waals surface area contributed by atoms with E-state index in [1.54, 1.807) is 0 Å². The fourth-order valence-corrected chi connectivity index (χ4v) is 3.11. The fraction of sp³-hybridized carbons (Fsp3) is 0.588. The number of nitrogens with one attached hydrogen (secondary N) is 2. The van der Waals surface area contributed by atoms with Crippen molar-refractivity contribution >= 4 is 22.5 Å². The quantitative estimate of drug-likeness (QED) is 0.869. The summed E-state index contributed by atoms with van der Waals surface area (Å²) < 4.78 is 12.0. The molecule has 2 rings (SSSR count). The number of amides is 2. The largest absolute Gasteiger partial charge is 0.335 e. The maximum absolute atomic E-state index is 12.2. The van der Waals surface area contributed by atoms with Crippen molar-refractivity contribution in [3.05, 3.63) is 29.8 Å². The van der Waals surface area contributed by atoms with Gasteiger partial charge in [0.15, 0.2) is 0 Å². The van der Waals surface area contributed by atoms with Crippen molar-refractivity contribution in [2.24, 2.45) is 5.92 Å². The summed E-state index contributed by atoms with van der Waals surface area (Å²) in [4.78, 5) is 12.0. The van der Waals surface area contributed by atoms with E-state index in [0.29, 0.717) is 11.7 Å². The van der Waals surface area contributed by atoms with Gasteiger partial charge in [-0.25, -0.2) is 4.79 Å². The van der Waals surface area contributed by atoms with E-state index >= 15 is 0 Å². The lowest BCUT2D eigenvalue weighted by molar-refractivity contribution is 0.248. The third-order valence-corrected chi connectivity index (χ3v) is 5.82. The number of carbonyl (C=O) groups is 1. The van der Waals surface area contributed by atoms with Crippen molar-refractivity contribution in [1.29, 1.82) is 0 Å². The Labute approximate surface area is 135 Å². The predicted molar refractivity (Wildman–Crippen MR) is 92.4 cm³/mol. The smallest absolute Gasteiger partial charge is 0.319 e. The summed E-state index contributed by atoms with van der Waals surface area (Å²) in [7, 11) is -0.945. The van der Waals surface area contributed by atoms with Crippen LogP contribution >= 0.6 is 0 Å². The van der Waals surface area contributed by atoms with Gasteiger partial charge < -0.3 is 10.6 Å². The lowest BCUT2D eigenvalue weighted by Gasteiger charge is -2.18. The SMILES string of the molecule is C[C@H](NC(=O)Nc1cccc(C[S@@](=O)C(C)(C)C)c1)C1CC1. The molecule has 0 aromatic heterocycles. The summed E-state index contributed by atoms with van der Waals surface area (Å²) in [5, 5.41) is 5.82. The molecule has 1 fully saturated rings. The van der Waals surface area contributed by atoms with Gasteiger partial charge in [-0.05, 0) is 64.2 Å². The Bertz CT molecular complexity index is 562. The van der Waals surface area contributed by atoms with Gasteiger partial charge in [0, 0.05) is 33.0 Å². The molecule has 2 amide bonds. The van der Waals surface area contributed by atoms with Gasteiger partial charge in [-0.1, -0.05) is 12.1 Å². The molecular weight excluding hydrogens is 296 g/mol. The number of rotatable bonds is 5. The van der Waals surface area contributed by atoms with Crippen molar-refractivity contribution in [2.45, 2.75) is 57.1 Å². The molecule has 0 heterocycles. The van der Waals surface area contributed by atoms with Crippen molar-refractivity contribution in [3.63, 3.8) is 0 Å². The van der Waals surface area contributed by atoms with Crippen LogP contribution in [0.25, 0.3) is 0 Å². The Morgan fingerprint density at radius 2 is 2.05 bits per heavy atom. The molecule has 1 aromatic carbocycles. The van der Waals surface area contributed by atoms with Crippen LogP contribution in [-0.4, -0.2) is 21.0 Å². The number of urea groups is 1. The van der Waals surface area contributed by atoms with Gasteiger partial charge in [-0.2, -0.15) is 0 Å². The molecule has 0 radical (unpaired) electrons. The second-order valence-corrected chi connectivity index (χ2v) is 9.23. The Kier molecular flexibility index (Phi) is 5.27. The van der Waals surface area contributed by atoms with E-state index in [2.05, 4.69) is 10.6 Å². The van der Waals surface area contributed by atoms with Gasteiger partial charge in [0.1, 0.15) is 0 Å². The summed E-state index contributed by atoms with van der Waals surface area (Å²) in [6, 6.07) is 7.62. The van der Waals surface area contributed by atoms with E-state index in [-0.39, 0.29) is 16.8 Å². The molecule has 4 nitrogen and oxygen atoms in total. The third kappa shape index (κ3) is 5.13. The van der Waals surface area contributed by atoms with Crippen LogP contribution in [0, 0.1) is 5.92 Å². The van der Waals surface area contributed by atoms with Crippen molar-refractivity contribution in [2.75, 3.05) is 5.32 Å². The molecule has 22 heavy (non-hydrogen) atoms. The fourth-order valence-electron chi connectivity index (χ4n) is 2.19. The zero-order chi connectivity index (χ0) is 16.3. The molecule has 1 aliphatic carbocycles. The lowest BCUT2D eigenvalue weighted by Crippen LogP contribution is -2.37. The topological polar surface area (TPSA) is 58.2 Å². The number of hydrogen-bond donors (Lipinski definition) is 2. The Morgan fingerprint density at radius 3 is 2.64 bits per heavy atom. The van der Waals surface area contributed by atoms with Crippen LogP contribution in [0.1, 0.15) is 46.1 Å². The van der Waals surface area contributed by atoms with Crippen LogP contribution in [0.5, 0.6) is 0 Å². The summed E-state index contributed by atoms with van der Waals surface area (Å²) >= 11 is 0. The molecule has 0 saturated heterocycles. The summed E-state index contributed by atoms with van der Waals surface area (Å²) in [5.74, 6) is 1.13. The van der Waals surface area contributed by atoms with E-state index in [1.807, 2.05) is 52.0 Å². The normalized spacial score (nSPS) is 17.6. The molecule has 1 saturated carbocycles. The van der Waals surface area contributed by atoms with E-state index in [1.165, 1.54) is 12.8 Å². The minimum Gasteiger partial charge on any atom is -0.335 e. The number of carbonyl (C=O) groups excluding carboxylic acids is 1. The second-order valence-electron chi connectivity index (χ2n) is 7.03. The highest BCUT2D eigenvalue weighted by atomic mass is 32.2. The Morgan fingerprint density at radius 1 is 1.36 bits per heavy atom. The predicted octanol–water partition coefficient (Wildman–Crippen LogP) is 3.65. The summed E-state index contributed by atoms with van der Waals surface area (Å²) in [5.41, 5.74) is 1.71. The van der Waals surface area contributed by atoms with Crippen LogP contribution in [0.3, 0.4) is 0 Å². The first-order valence-electron chi connectivity index (χ1n) is 7.80. The molecule has 0 bridgehead atoms. The van der Waals surface area contributed by atoms with E-state index < -0.39 is 10.8 Å². The minimum atomic E-state index is -0.945. The molecular formula is C17H26N2O2S. The third-order valence-electron chi connectivity index (χ3n) is 3.85. The van der Waals surface area contributed by atoms with Crippen LogP contribution in [0.4, 0.5) is 10.5 Å². The highest BCUT2D eigenvalue weighted by Crippen LogP contribution is 2.32. The van der Waals surface area contributed by atoms with Gasteiger partial charge in [-0.15, -0.1) is 0 Å². The molecule has 2 N–H and O–H groups in total. The first kappa shape index (κ1) is 17.0.